The number of rotatable bonds is 4. The second-order valence-electron chi connectivity index (χ2n) is 5.86. The van der Waals surface area contributed by atoms with Crippen LogP contribution in [0.5, 0.6) is 0 Å². The standard InChI is InChI=1S/C18H27N/c1-5-7-13-19-15(3)16-11-9-8-10-12-17(14-16)18(19,4)6-2/h8-11,14,16H,3,5-7,12-13H2,1-2,4H3/b10-8-,11-9?. The summed E-state index contributed by atoms with van der Waals surface area (Å²) in [5, 5.41) is 0. The molecule has 0 aromatic heterocycles. The van der Waals surface area contributed by atoms with Crippen LogP contribution < -0.4 is 0 Å². The Morgan fingerprint density at radius 3 is 2.84 bits per heavy atom. The molecule has 1 heterocycles. The summed E-state index contributed by atoms with van der Waals surface area (Å²) in [7, 11) is 0. The van der Waals surface area contributed by atoms with Gasteiger partial charge in [-0.25, -0.2) is 0 Å². The maximum Gasteiger partial charge on any atom is 0.0583 e. The maximum atomic E-state index is 4.39. The van der Waals surface area contributed by atoms with Gasteiger partial charge in [0.2, 0.25) is 0 Å². The Balaban J connectivity index is 2.39. The van der Waals surface area contributed by atoms with Gasteiger partial charge < -0.3 is 4.90 Å². The quantitative estimate of drug-likeness (QED) is 0.651. The van der Waals surface area contributed by atoms with E-state index in [1.165, 1.54) is 18.5 Å². The smallest absolute Gasteiger partial charge is 0.0583 e. The van der Waals surface area contributed by atoms with Crippen LogP contribution in [0.15, 0.2) is 48.2 Å². The lowest BCUT2D eigenvalue weighted by Gasteiger charge is -2.50. The van der Waals surface area contributed by atoms with Crippen molar-refractivity contribution in [3.05, 3.63) is 48.2 Å². The van der Waals surface area contributed by atoms with E-state index in [0.717, 1.165) is 19.4 Å². The predicted molar refractivity (Wildman–Crippen MR) is 83.9 cm³/mol. The Morgan fingerprint density at radius 1 is 1.37 bits per heavy atom. The first-order valence-electron chi connectivity index (χ1n) is 7.64. The van der Waals surface area contributed by atoms with Gasteiger partial charge in [0.05, 0.1) is 5.54 Å². The van der Waals surface area contributed by atoms with Gasteiger partial charge in [-0.05, 0) is 31.8 Å². The normalized spacial score (nSPS) is 31.7. The van der Waals surface area contributed by atoms with Crippen molar-refractivity contribution in [1.29, 1.82) is 0 Å². The lowest BCUT2D eigenvalue weighted by atomic mass is 9.77. The van der Waals surface area contributed by atoms with E-state index in [-0.39, 0.29) is 5.54 Å². The molecule has 104 valence electrons. The fourth-order valence-electron chi connectivity index (χ4n) is 3.20. The van der Waals surface area contributed by atoms with Crippen molar-refractivity contribution in [1.82, 2.24) is 4.90 Å². The van der Waals surface area contributed by atoms with Gasteiger partial charge in [-0.1, -0.05) is 57.2 Å². The highest BCUT2D eigenvalue weighted by molar-refractivity contribution is 5.37. The molecule has 0 radical (unpaired) electrons. The number of nitrogens with zero attached hydrogens (tertiary/aromatic N) is 1. The van der Waals surface area contributed by atoms with Crippen LogP contribution in [0.3, 0.4) is 0 Å². The average Bonchev–Trinajstić information content (AvgIpc) is 2.37. The van der Waals surface area contributed by atoms with E-state index in [9.17, 15) is 0 Å². The molecule has 0 amide bonds. The monoisotopic (exact) mass is 257 g/mol. The molecule has 1 heteroatoms. The Labute approximate surface area is 118 Å². The van der Waals surface area contributed by atoms with Crippen molar-refractivity contribution in [2.75, 3.05) is 6.54 Å². The zero-order valence-electron chi connectivity index (χ0n) is 12.7. The zero-order chi connectivity index (χ0) is 13.9. The summed E-state index contributed by atoms with van der Waals surface area (Å²) in [5.41, 5.74) is 2.98. The fraction of sp³-hybridized carbons (Fsp3) is 0.556. The molecular weight excluding hydrogens is 230 g/mol. The van der Waals surface area contributed by atoms with E-state index in [2.05, 4.69) is 62.6 Å². The molecule has 2 rings (SSSR count). The molecule has 2 atom stereocenters. The summed E-state index contributed by atoms with van der Waals surface area (Å²) < 4.78 is 0. The van der Waals surface area contributed by atoms with Crippen LogP contribution in [0.25, 0.3) is 0 Å². The van der Waals surface area contributed by atoms with E-state index < -0.39 is 0 Å². The molecule has 0 fully saturated rings. The molecule has 2 bridgehead atoms. The van der Waals surface area contributed by atoms with Crippen molar-refractivity contribution in [2.45, 2.75) is 52.0 Å². The Kier molecular flexibility index (Phi) is 4.34. The number of hydrogen-bond donors (Lipinski definition) is 0. The molecule has 2 unspecified atom stereocenters. The van der Waals surface area contributed by atoms with Gasteiger partial charge in [-0.15, -0.1) is 0 Å². The van der Waals surface area contributed by atoms with Crippen molar-refractivity contribution >= 4 is 0 Å². The van der Waals surface area contributed by atoms with Gasteiger partial charge in [0.1, 0.15) is 0 Å². The largest absolute Gasteiger partial charge is 0.365 e. The van der Waals surface area contributed by atoms with Crippen LogP contribution in [0.2, 0.25) is 0 Å². The molecule has 0 saturated carbocycles. The van der Waals surface area contributed by atoms with Crippen LogP contribution in [0, 0.1) is 5.92 Å². The molecule has 0 aromatic carbocycles. The summed E-state index contributed by atoms with van der Waals surface area (Å²) in [6, 6.07) is 0. The molecular formula is C18H27N. The highest BCUT2D eigenvalue weighted by atomic mass is 15.2. The first-order valence-corrected chi connectivity index (χ1v) is 7.64. The fourth-order valence-corrected chi connectivity index (χ4v) is 3.20. The topological polar surface area (TPSA) is 3.24 Å². The lowest BCUT2D eigenvalue weighted by molar-refractivity contribution is 0.152. The highest BCUT2D eigenvalue weighted by Gasteiger charge is 2.39. The Morgan fingerprint density at radius 2 is 2.16 bits per heavy atom. The van der Waals surface area contributed by atoms with E-state index in [1.807, 2.05) is 0 Å². The SMILES string of the molecule is C=C1C2C=C/C=C\CC(=C2)C(C)(CC)N1CCCC. The molecule has 1 aliphatic heterocycles. The Bertz CT molecular complexity index is 427. The second-order valence-corrected chi connectivity index (χ2v) is 5.86. The van der Waals surface area contributed by atoms with Crippen LogP contribution >= 0.6 is 0 Å². The summed E-state index contributed by atoms with van der Waals surface area (Å²) in [4.78, 5) is 2.57. The average molecular weight is 257 g/mol. The number of allylic oxidation sites excluding steroid dienone is 4. The Hall–Kier alpha value is -1.24. The van der Waals surface area contributed by atoms with E-state index in [0.29, 0.717) is 5.92 Å². The predicted octanol–water partition coefficient (Wildman–Crippen LogP) is 4.84. The molecule has 1 aliphatic carbocycles. The van der Waals surface area contributed by atoms with E-state index in [1.54, 1.807) is 5.57 Å². The molecule has 0 aromatic rings. The molecule has 0 spiro atoms. The van der Waals surface area contributed by atoms with Crippen molar-refractivity contribution in [3.8, 4) is 0 Å². The van der Waals surface area contributed by atoms with Crippen molar-refractivity contribution in [3.63, 3.8) is 0 Å². The first kappa shape index (κ1) is 14.2. The minimum atomic E-state index is 0.151. The number of hydrogen-bond acceptors (Lipinski definition) is 1. The van der Waals surface area contributed by atoms with Crippen molar-refractivity contribution < 1.29 is 0 Å². The van der Waals surface area contributed by atoms with Crippen LogP contribution in [-0.4, -0.2) is 17.0 Å². The third-order valence-corrected chi connectivity index (χ3v) is 4.73. The third kappa shape index (κ3) is 2.56. The summed E-state index contributed by atoms with van der Waals surface area (Å²) in [5.74, 6) is 0.386. The van der Waals surface area contributed by atoms with Gasteiger partial charge in [0.15, 0.2) is 0 Å². The van der Waals surface area contributed by atoms with Gasteiger partial charge in [-0.3, -0.25) is 0 Å². The van der Waals surface area contributed by atoms with Gasteiger partial charge in [0, 0.05) is 18.2 Å². The molecule has 19 heavy (non-hydrogen) atoms. The third-order valence-electron chi connectivity index (χ3n) is 4.73. The minimum Gasteiger partial charge on any atom is -0.365 e. The maximum absolute atomic E-state index is 4.39. The molecule has 0 N–H and O–H groups in total. The van der Waals surface area contributed by atoms with Gasteiger partial charge >= 0.3 is 0 Å². The highest BCUT2D eigenvalue weighted by Crippen LogP contribution is 2.42. The van der Waals surface area contributed by atoms with E-state index in [4.69, 9.17) is 0 Å². The van der Waals surface area contributed by atoms with Crippen LogP contribution in [-0.2, 0) is 0 Å². The second kappa shape index (κ2) is 5.81. The van der Waals surface area contributed by atoms with Gasteiger partial charge in [-0.2, -0.15) is 0 Å². The summed E-state index contributed by atoms with van der Waals surface area (Å²) in [6.07, 6.45) is 16.0. The van der Waals surface area contributed by atoms with Crippen molar-refractivity contribution in [2.24, 2.45) is 5.92 Å². The first-order chi connectivity index (χ1) is 9.13. The summed E-state index contributed by atoms with van der Waals surface area (Å²) in [6.45, 7) is 12.5. The number of unbranched alkanes of at least 4 members (excludes halogenated alkanes) is 1. The zero-order valence-corrected chi connectivity index (χ0v) is 12.7. The lowest BCUT2D eigenvalue weighted by Crippen LogP contribution is -2.50. The van der Waals surface area contributed by atoms with Gasteiger partial charge in [0.25, 0.3) is 0 Å². The molecule has 2 aliphatic rings. The van der Waals surface area contributed by atoms with Crippen LogP contribution in [0.1, 0.15) is 46.5 Å². The molecule has 1 nitrogen and oxygen atoms in total. The molecule has 0 saturated heterocycles. The minimum absolute atomic E-state index is 0.151. The number of fused-ring (bicyclic) bond motifs is 1. The van der Waals surface area contributed by atoms with Crippen LogP contribution in [0.4, 0.5) is 0 Å². The van der Waals surface area contributed by atoms with E-state index >= 15 is 0 Å². The summed E-state index contributed by atoms with van der Waals surface area (Å²) >= 11 is 0.